The first-order valence-corrected chi connectivity index (χ1v) is 9.54. The summed E-state index contributed by atoms with van der Waals surface area (Å²) in [6.45, 7) is 1.14. The lowest BCUT2D eigenvalue weighted by Gasteiger charge is -2.64. The molecule has 0 heterocycles. The van der Waals surface area contributed by atoms with Gasteiger partial charge in [-0.1, -0.05) is 35.4 Å². The molecular formula is C20H27N3O3. The Morgan fingerprint density at radius 3 is 2.77 bits per heavy atom. The lowest BCUT2D eigenvalue weighted by Crippen LogP contribution is -2.65. The van der Waals surface area contributed by atoms with E-state index < -0.39 is 5.60 Å². The highest BCUT2D eigenvalue weighted by molar-refractivity contribution is 5.25. The van der Waals surface area contributed by atoms with Crippen LogP contribution in [0.3, 0.4) is 0 Å². The van der Waals surface area contributed by atoms with Crippen LogP contribution in [0, 0.1) is 17.8 Å². The fourth-order valence-corrected chi connectivity index (χ4v) is 6.19. The molecule has 4 bridgehead atoms. The van der Waals surface area contributed by atoms with Crippen molar-refractivity contribution in [3.05, 3.63) is 46.3 Å². The van der Waals surface area contributed by atoms with Gasteiger partial charge in [0.25, 0.3) is 0 Å². The van der Waals surface area contributed by atoms with Gasteiger partial charge in [0.15, 0.2) is 0 Å². The second kappa shape index (κ2) is 6.86. The maximum absolute atomic E-state index is 11.6. The molecule has 6 nitrogen and oxygen atoms in total. The van der Waals surface area contributed by atoms with Crippen LogP contribution >= 0.6 is 0 Å². The zero-order chi connectivity index (χ0) is 18.2. The fourth-order valence-electron chi connectivity index (χ4n) is 6.19. The summed E-state index contributed by atoms with van der Waals surface area (Å²) in [5.74, 6) is 0.768. The van der Waals surface area contributed by atoms with Gasteiger partial charge in [0.1, 0.15) is 0 Å². The number of hydrogen-bond acceptors (Lipinski definition) is 4. The normalized spacial score (nSPS) is 38.8. The van der Waals surface area contributed by atoms with Gasteiger partial charge in [0.2, 0.25) is 0 Å². The summed E-state index contributed by atoms with van der Waals surface area (Å²) in [5, 5.41) is 15.8. The van der Waals surface area contributed by atoms with E-state index in [1.807, 2.05) is 30.3 Å². The van der Waals surface area contributed by atoms with Crippen LogP contribution in [-0.2, 0) is 9.47 Å². The first-order valence-electron chi connectivity index (χ1n) is 9.54. The molecule has 0 aromatic heterocycles. The highest BCUT2D eigenvalue weighted by Gasteiger charge is 2.64. The van der Waals surface area contributed by atoms with Crippen molar-refractivity contribution in [1.82, 2.24) is 0 Å². The average Bonchev–Trinajstić information content (AvgIpc) is 2.60. The van der Waals surface area contributed by atoms with Crippen molar-refractivity contribution < 1.29 is 14.6 Å². The van der Waals surface area contributed by atoms with Crippen LogP contribution in [0.2, 0.25) is 0 Å². The minimum atomic E-state index is -0.828. The Kier molecular flexibility index (Phi) is 4.70. The predicted molar refractivity (Wildman–Crippen MR) is 97.4 cm³/mol. The van der Waals surface area contributed by atoms with E-state index >= 15 is 0 Å². The molecule has 1 N–H and O–H groups in total. The lowest BCUT2D eigenvalue weighted by molar-refractivity contribution is -0.253. The van der Waals surface area contributed by atoms with E-state index in [9.17, 15) is 5.11 Å². The molecule has 6 heteroatoms. The van der Waals surface area contributed by atoms with Crippen molar-refractivity contribution in [2.75, 3.05) is 20.3 Å². The Morgan fingerprint density at radius 1 is 1.27 bits per heavy atom. The fraction of sp³-hybridized carbons (Fsp3) is 0.700. The number of methoxy groups -OCH3 is 1. The van der Waals surface area contributed by atoms with Gasteiger partial charge in [0, 0.05) is 24.4 Å². The molecule has 0 amide bonds. The third-order valence-corrected chi connectivity index (χ3v) is 6.68. The monoisotopic (exact) mass is 357 g/mol. The topological polar surface area (TPSA) is 87.5 Å². The molecular weight excluding hydrogens is 330 g/mol. The van der Waals surface area contributed by atoms with Crippen molar-refractivity contribution in [2.45, 2.75) is 49.3 Å². The van der Waals surface area contributed by atoms with Crippen LogP contribution in [0.5, 0.6) is 0 Å². The number of azide groups is 1. The summed E-state index contributed by atoms with van der Waals surface area (Å²) < 4.78 is 11.4. The minimum absolute atomic E-state index is 0.0449. The van der Waals surface area contributed by atoms with Gasteiger partial charge in [-0.15, -0.1) is 0 Å². The summed E-state index contributed by atoms with van der Waals surface area (Å²) in [6, 6.07) is 9.56. The second-order valence-electron chi connectivity index (χ2n) is 8.37. The SMILES string of the molecule is COCCO[C@@]12C[C@@H]3C[C@@H](C1)[C@H]([C@@H](N=[N+]=[N-])c1ccccc1)[C@](O)(C3)C2. The van der Waals surface area contributed by atoms with Crippen molar-refractivity contribution in [3.8, 4) is 0 Å². The zero-order valence-electron chi connectivity index (χ0n) is 15.3. The Labute approximate surface area is 154 Å². The van der Waals surface area contributed by atoms with Crippen LogP contribution in [0.15, 0.2) is 35.4 Å². The number of ether oxygens (including phenoxy) is 2. The summed E-state index contributed by atoms with van der Waals surface area (Å²) in [4.78, 5) is 3.12. The van der Waals surface area contributed by atoms with Crippen LogP contribution < -0.4 is 0 Å². The van der Waals surface area contributed by atoms with E-state index in [0.29, 0.717) is 31.5 Å². The molecule has 0 unspecified atom stereocenters. The van der Waals surface area contributed by atoms with Crippen molar-refractivity contribution in [2.24, 2.45) is 22.9 Å². The number of aliphatic hydroxyl groups is 1. The third kappa shape index (κ3) is 3.01. The zero-order valence-corrected chi connectivity index (χ0v) is 15.3. The van der Waals surface area contributed by atoms with Gasteiger partial charge in [-0.2, -0.15) is 0 Å². The van der Waals surface area contributed by atoms with Gasteiger partial charge >= 0.3 is 0 Å². The standard InChI is InChI=1S/C20H27N3O3/c1-25-7-8-26-19-10-14-9-16(12-19)17(20(24,11-14)13-19)18(22-23-21)15-5-3-2-4-6-15/h2-6,14,16-18,24H,7-13H2,1H3/t14-,16-,17+,18-,19-,20-/m0/s1. The molecule has 140 valence electrons. The molecule has 0 radical (unpaired) electrons. The number of benzene rings is 1. The van der Waals surface area contributed by atoms with E-state index in [1.54, 1.807) is 7.11 Å². The molecule has 4 aliphatic rings. The highest BCUT2D eigenvalue weighted by Crippen LogP contribution is 2.64. The van der Waals surface area contributed by atoms with Gasteiger partial charge in [-0.25, -0.2) is 0 Å². The molecule has 4 fully saturated rings. The van der Waals surface area contributed by atoms with Crippen LogP contribution in [0.1, 0.15) is 43.7 Å². The number of nitrogens with zero attached hydrogens (tertiary/aromatic N) is 3. The van der Waals surface area contributed by atoms with Crippen LogP contribution in [-0.4, -0.2) is 36.6 Å². The largest absolute Gasteiger partial charge is 0.389 e. The van der Waals surface area contributed by atoms with Crippen molar-refractivity contribution in [1.29, 1.82) is 0 Å². The smallest absolute Gasteiger partial charge is 0.0716 e. The first kappa shape index (κ1) is 17.8. The number of rotatable bonds is 7. The van der Waals surface area contributed by atoms with E-state index in [0.717, 1.165) is 31.2 Å². The summed E-state index contributed by atoms with van der Waals surface area (Å²) in [6.07, 6.45) is 4.47. The van der Waals surface area contributed by atoms with Crippen molar-refractivity contribution >= 4 is 0 Å². The van der Waals surface area contributed by atoms with Crippen LogP contribution in [0.4, 0.5) is 0 Å². The van der Waals surface area contributed by atoms with E-state index in [-0.39, 0.29) is 17.6 Å². The van der Waals surface area contributed by atoms with Gasteiger partial charge in [-0.3, -0.25) is 0 Å². The molecule has 1 aromatic carbocycles. The van der Waals surface area contributed by atoms with E-state index in [1.165, 1.54) is 0 Å². The minimum Gasteiger partial charge on any atom is -0.389 e. The molecule has 5 rings (SSSR count). The molecule has 1 aromatic rings. The van der Waals surface area contributed by atoms with Gasteiger partial charge in [-0.05, 0) is 48.6 Å². The summed E-state index contributed by atoms with van der Waals surface area (Å²) in [7, 11) is 1.68. The second-order valence-corrected chi connectivity index (χ2v) is 8.37. The maximum Gasteiger partial charge on any atom is 0.0716 e. The average molecular weight is 357 g/mol. The molecule has 4 saturated carbocycles. The summed E-state index contributed by atoms with van der Waals surface area (Å²) in [5.41, 5.74) is 9.09. The lowest BCUT2D eigenvalue weighted by atomic mass is 9.46. The third-order valence-electron chi connectivity index (χ3n) is 6.68. The molecule has 6 atom stereocenters. The summed E-state index contributed by atoms with van der Waals surface area (Å²) >= 11 is 0. The molecule has 0 saturated heterocycles. The molecule has 0 spiro atoms. The molecule has 0 aliphatic heterocycles. The van der Waals surface area contributed by atoms with E-state index in [4.69, 9.17) is 15.0 Å². The van der Waals surface area contributed by atoms with E-state index in [2.05, 4.69) is 10.0 Å². The predicted octanol–water partition coefficient (Wildman–Crippen LogP) is 4.01. The number of hydrogen-bond donors (Lipinski definition) is 1. The first-order chi connectivity index (χ1) is 12.6. The Morgan fingerprint density at radius 2 is 2.08 bits per heavy atom. The Balaban J connectivity index is 1.64. The molecule has 4 aliphatic carbocycles. The molecule has 26 heavy (non-hydrogen) atoms. The van der Waals surface area contributed by atoms with Crippen molar-refractivity contribution in [3.63, 3.8) is 0 Å². The Bertz CT molecular complexity index is 693. The van der Waals surface area contributed by atoms with Crippen LogP contribution in [0.25, 0.3) is 10.4 Å². The van der Waals surface area contributed by atoms with Gasteiger partial charge in [0.05, 0.1) is 30.5 Å². The Hall–Kier alpha value is -1.59. The maximum atomic E-state index is 11.6. The van der Waals surface area contributed by atoms with Gasteiger partial charge < -0.3 is 14.6 Å². The quantitative estimate of drug-likeness (QED) is 0.346. The highest BCUT2D eigenvalue weighted by atomic mass is 16.5.